The quantitative estimate of drug-likeness (QED) is 0.723. The highest BCUT2D eigenvalue weighted by Crippen LogP contribution is 2.27. The first kappa shape index (κ1) is 19.2. The minimum atomic E-state index is -0.793. The van der Waals surface area contributed by atoms with Crippen LogP contribution in [0.5, 0.6) is 5.75 Å². The van der Waals surface area contributed by atoms with E-state index in [1.54, 1.807) is 42.5 Å². The second kappa shape index (κ2) is 8.87. The van der Waals surface area contributed by atoms with E-state index in [9.17, 15) is 4.79 Å². The summed E-state index contributed by atoms with van der Waals surface area (Å²) in [5, 5.41) is 0.811. The second-order valence-electron chi connectivity index (χ2n) is 6.41. The Balaban J connectivity index is 1.61. The predicted octanol–water partition coefficient (Wildman–Crippen LogP) is 4.68. The molecule has 0 bridgehead atoms. The smallest absolute Gasteiger partial charge is 0.184 e. The van der Waals surface area contributed by atoms with Crippen LogP contribution in [-0.4, -0.2) is 25.6 Å². The van der Waals surface area contributed by atoms with Gasteiger partial charge in [-0.1, -0.05) is 29.3 Å². The Morgan fingerprint density at radius 1 is 1.12 bits per heavy atom. The van der Waals surface area contributed by atoms with Crippen molar-refractivity contribution in [1.29, 1.82) is 0 Å². The highest BCUT2D eigenvalue weighted by atomic mass is 35.5. The molecule has 6 heteroatoms. The van der Waals surface area contributed by atoms with Gasteiger partial charge in [0.15, 0.2) is 5.78 Å². The lowest BCUT2D eigenvalue weighted by Gasteiger charge is -2.22. The molecule has 2 aromatic carbocycles. The molecule has 2 aromatic rings. The van der Waals surface area contributed by atoms with Gasteiger partial charge in [-0.2, -0.15) is 0 Å². The Bertz CT molecular complexity index is 758. The number of rotatable bonds is 6. The Morgan fingerprint density at radius 3 is 2.46 bits per heavy atom. The summed E-state index contributed by atoms with van der Waals surface area (Å²) in [5.74, 6) is 1.09. The summed E-state index contributed by atoms with van der Waals surface area (Å²) in [6.45, 7) is 2.27. The van der Waals surface area contributed by atoms with Gasteiger partial charge < -0.3 is 15.2 Å². The minimum absolute atomic E-state index is 0.181. The van der Waals surface area contributed by atoms with Crippen molar-refractivity contribution in [2.75, 3.05) is 19.8 Å². The predicted molar refractivity (Wildman–Crippen MR) is 103 cm³/mol. The Labute approximate surface area is 163 Å². The zero-order valence-corrected chi connectivity index (χ0v) is 15.8. The lowest BCUT2D eigenvalue weighted by Crippen LogP contribution is -2.22. The zero-order valence-electron chi connectivity index (χ0n) is 14.3. The number of benzene rings is 2. The zero-order chi connectivity index (χ0) is 18.5. The molecule has 1 atom stereocenters. The maximum atomic E-state index is 12.6. The van der Waals surface area contributed by atoms with Gasteiger partial charge in [0.2, 0.25) is 0 Å². The first-order chi connectivity index (χ1) is 12.5. The molecule has 2 N–H and O–H groups in total. The minimum Gasteiger partial charge on any atom is -0.493 e. The number of ketones is 1. The molecule has 0 radical (unpaired) electrons. The van der Waals surface area contributed by atoms with Gasteiger partial charge in [-0.25, -0.2) is 0 Å². The largest absolute Gasteiger partial charge is 0.493 e. The molecule has 0 aromatic heterocycles. The summed E-state index contributed by atoms with van der Waals surface area (Å²) < 4.78 is 11.2. The molecule has 0 amide bonds. The van der Waals surface area contributed by atoms with Crippen molar-refractivity contribution >= 4 is 29.0 Å². The molecule has 1 aliphatic rings. The number of ether oxygens (including phenoxy) is 2. The Kier molecular flexibility index (Phi) is 6.54. The molecule has 1 aliphatic heterocycles. The van der Waals surface area contributed by atoms with Gasteiger partial charge in [-0.15, -0.1) is 0 Å². The van der Waals surface area contributed by atoms with E-state index in [4.69, 9.17) is 38.4 Å². The lowest BCUT2D eigenvalue weighted by molar-refractivity contribution is 0.0497. The third kappa shape index (κ3) is 4.77. The monoisotopic (exact) mass is 393 g/mol. The number of carbonyl (C=O) groups is 1. The maximum Gasteiger partial charge on any atom is 0.184 e. The van der Waals surface area contributed by atoms with Crippen LogP contribution in [0.2, 0.25) is 10.0 Å². The number of hydrogen-bond acceptors (Lipinski definition) is 4. The molecule has 4 nitrogen and oxygen atoms in total. The van der Waals surface area contributed by atoms with Gasteiger partial charge in [0.05, 0.1) is 22.7 Å². The fourth-order valence-corrected chi connectivity index (χ4v) is 3.19. The molecule has 1 fully saturated rings. The first-order valence-electron chi connectivity index (χ1n) is 8.60. The summed E-state index contributed by atoms with van der Waals surface area (Å²) in [7, 11) is 0. The molecule has 0 saturated carbocycles. The van der Waals surface area contributed by atoms with Crippen molar-refractivity contribution in [2.45, 2.75) is 18.9 Å². The molecular formula is C20H21Cl2NO3. The van der Waals surface area contributed by atoms with Crippen molar-refractivity contribution in [1.82, 2.24) is 0 Å². The van der Waals surface area contributed by atoms with Gasteiger partial charge in [-0.05, 0) is 60.7 Å². The van der Waals surface area contributed by atoms with E-state index in [1.165, 1.54) is 0 Å². The van der Waals surface area contributed by atoms with Gasteiger partial charge in [0, 0.05) is 18.8 Å². The van der Waals surface area contributed by atoms with Crippen LogP contribution >= 0.6 is 23.2 Å². The van der Waals surface area contributed by atoms with Crippen LogP contribution in [-0.2, 0) is 4.74 Å². The Morgan fingerprint density at radius 2 is 1.81 bits per heavy atom. The molecule has 138 valence electrons. The average molecular weight is 394 g/mol. The summed E-state index contributed by atoms with van der Waals surface area (Å²) in [5.41, 5.74) is 7.25. The molecule has 26 heavy (non-hydrogen) atoms. The maximum absolute atomic E-state index is 12.6. The van der Waals surface area contributed by atoms with Crippen LogP contribution in [0, 0.1) is 5.92 Å². The highest BCUT2D eigenvalue weighted by Gasteiger charge is 2.19. The summed E-state index contributed by atoms with van der Waals surface area (Å²) in [6, 6.07) is 11.2. The molecule has 0 spiro atoms. The fourth-order valence-electron chi connectivity index (χ4n) is 2.88. The van der Waals surface area contributed by atoms with Crippen LogP contribution in [0.4, 0.5) is 0 Å². The van der Waals surface area contributed by atoms with Gasteiger partial charge >= 0.3 is 0 Å². The summed E-state index contributed by atoms with van der Waals surface area (Å²) in [4.78, 5) is 12.6. The standard InChI is InChI=1S/C20H21Cl2NO3/c21-17-6-3-15(11-18(17)22)19(23)20(24)14-1-4-16(5-2-14)26-12-13-7-9-25-10-8-13/h1-6,11,13,19H,7-10,12,23H2. The van der Waals surface area contributed by atoms with Crippen LogP contribution in [0.25, 0.3) is 0 Å². The first-order valence-corrected chi connectivity index (χ1v) is 9.35. The van der Waals surface area contributed by atoms with E-state index >= 15 is 0 Å². The number of hydrogen-bond donors (Lipinski definition) is 1. The third-order valence-corrected chi connectivity index (χ3v) is 5.29. The number of carbonyl (C=O) groups excluding carboxylic acids is 1. The van der Waals surface area contributed by atoms with Crippen molar-refractivity contribution in [3.8, 4) is 5.75 Å². The average Bonchev–Trinajstić information content (AvgIpc) is 2.68. The number of halogens is 2. The topological polar surface area (TPSA) is 61.6 Å². The second-order valence-corrected chi connectivity index (χ2v) is 7.22. The molecule has 1 unspecified atom stereocenters. The van der Waals surface area contributed by atoms with Crippen LogP contribution in [0.3, 0.4) is 0 Å². The van der Waals surface area contributed by atoms with Gasteiger partial charge in [0.25, 0.3) is 0 Å². The van der Waals surface area contributed by atoms with Crippen LogP contribution in [0.15, 0.2) is 42.5 Å². The van der Waals surface area contributed by atoms with Crippen molar-refractivity contribution in [3.05, 3.63) is 63.6 Å². The molecular weight excluding hydrogens is 373 g/mol. The van der Waals surface area contributed by atoms with Crippen molar-refractivity contribution in [3.63, 3.8) is 0 Å². The van der Waals surface area contributed by atoms with E-state index < -0.39 is 6.04 Å². The molecule has 1 saturated heterocycles. The van der Waals surface area contributed by atoms with E-state index in [0.29, 0.717) is 33.7 Å². The highest BCUT2D eigenvalue weighted by molar-refractivity contribution is 6.42. The van der Waals surface area contributed by atoms with Crippen molar-refractivity contribution in [2.24, 2.45) is 11.7 Å². The Hall–Kier alpha value is -1.59. The third-order valence-electron chi connectivity index (χ3n) is 4.55. The van der Waals surface area contributed by atoms with Gasteiger partial charge in [-0.3, -0.25) is 4.79 Å². The van der Waals surface area contributed by atoms with Crippen LogP contribution < -0.4 is 10.5 Å². The van der Waals surface area contributed by atoms with E-state index in [2.05, 4.69) is 0 Å². The molecule has 3 rings (SSSR count). The molecule has 0 aliphatic carbocycles. The van der Waals surface area contributed by atoms with Crippen molar-refractivity contribution < 1.29 is 14.3 Å². The summed E-state index contributed by atoms with van der Waals surface area (Å²) in [6.07, 6.45) is 2.05. The van der Waals surface area contributed by atoms with E-state index in [1.807, 2.05) is 0 Å². The number of Topliss-reactive ketones (excluding diaryl/α,β-unsaturated/α-hetero) is 1. The van der Waals surface area contributed by atoms with Crippen LogP contribution in [0.1, 0.15) is 34.8 Å². The van der Waals surface area contributed by atoms with Gasteiger partial charge in [0.1, 0.15) is 5.75 Å². The SMILES string of the molecule is NC(C(=O)c1ccc(OCC2CCOCC2)cc1)c1ccc(Cl)c(Cl)c1. The lowest BCUT2D eigenvalue weighted by atomic mass is 9.98. The number of nitrogens with two attached hydrogens (primary N) is 1. The van der Waals surface area contributed by atoms with E-state index in [0.717, 1.165) is 31.8 Å². The normalized spacial score (nSPS) is 16.3. The molecule has 1 heterocycles. The summed E-state index contributed by atoms with van der Waals surface area (Å²) >= 11 is 11.9. The van der Waals surface area contributed by atoms with E-state index in [-0.39, 0.29) is 5.78 Å². The fraction of sp³-hybridized carbons (Fsp3) is 0.350.